The van der Waals surface area contributed by atoms with Crippen LogP contribution in [0.5, 0.6) is 0 Å². The fraction of sp³-hybridized carbons (Fsp3) is 0.684. The first-order valence-electron chi connectivity index (χ1n) is 10.0. The molecule has 1 aliphatic carbocycles. The van der Waals surface area contributed by atoms with Crippen LogP contribution >= 0.6 is 0 Å². The second kappa shape index (κ2) is 7.52. The number of nitrogens with zero attached hydrogens (tertiary/aromatic N) is 6. The number of ether oxygens (including phenoxy) is 1. The van der Waals surface area contributed by atoms with Gasteiger partial charge in [0.2, 0.25) is 5.89 Å². The predicted octanol–water partition coefficient (Wildman–Crippen LogP) is 2.00. The van der Waals surface area contributed by atoms with Crippen molar-refractivity contribution in [2.75, 3.05) is 31.2 Å². The highest BCUT2D eigenvalue weighted by molar-refractivity contribution is 5.41. The summed E-state index contributed by atoms with van der Waals surface area (Å²) in [6, 6.07) is 3.25. The molecule has 0 spiro atoms. The van der Waals surface area contributed by atoms with Crippen LogP contribution in [0, 0.1) is 0 Å². The molecule has 144 valence electrons. The van der Waals surface area contributed by atoms with Crippen LogP contribution in [0.3, 0.4) is 0 Å². The number of anilines is 1. The fourth-order valence-corrected chi connectivity index (χ4v) is 4.24. The van der Waals surface area contributed by atoms with Crippen molar-refractivity contribution in [2.24, 2.45) is 0 Å². The van der Waals surface area contributed by atoms with E-state index in [1.165, 1.54) is 12.8 Å². The van der Waals surface area contributed by atoms with Gasteiger partial charge in [-0.3, -0.25) is 4.90 Å². The second-order valence-corrected chi connectivity index (χ2v) is 7.82. The van der Waals surface area contributed by atoms with Crippen molar-refractivity contribution in [1.82, 2.24) is 25.0 Å². The molecule has 5 rings (SSSR count). The van der Waals surface area contributed by atoms with Crippen LogP contribution in [0.4, 0.5) is 5.82 Å². The van der Waals surface area contributed by atoms with Crippen LogP contribution in [-0.4, -0.2) is 63.4 Å². The van der Waals surface area contributed by atoms with Crippen molar-refractivity contribution in [3.8, 4) is 0 Å². The lowest BCUT2D eigenvalue weighted by molar-refractivity contribution is 0.188. The molecule has 2 aromatic heterocycles. The molecule has 8 heteroatoms. The molecule has 1 atom stereocenters. The number of rotatable bonds is 6. The summed E-state index contributed by atoms with van der Waals surface area (Å²) in [6.07, 6.45) is 9.32. The number of hydrogen-bond acceptors (Lipinski definition) is 8. The third-order valence-corrected chi connectivity index (χ3v) is 5.85. The van der Waals surface area contributed by atoms with E-state index in [4.69, 9.17) is 9.26 Å². The molecule has 2 saturated heterocycles. The highest BCUT2D eigenvalue weighted by Gasteiger charge is 2.36. The highest BCUT2D eigenvalue weighted by Crippen LogP contribution is 2.35. The SMILES string of the molecule is c1cc(N(C2CC2)C2CCN(Cc3noc(C4CCOC4)n3)CC2)ncn1. The molecular formula is C19H26N6O2. The lowest BCUT2D eigenvalue weighted by Crippen LogP contribution is -2.46. The van der Waals surface area contributed by atoms with Gasteiger partial charge in [0.25, 0.3) is 0 Å². The molecule has 2 aromatic rings. The van der Waals surface area contributed by atoms with Gasteiger partial charge in [-0.15, -0.1) is 0 Å². The number of aromatic nitrogens is 4. The van der Waals surface area contributed by atoms with Gasteiger partial charge < -0.3 is 14.2 Å². The lowest BCUT2D eigenvalue weighted by atomic mass is 10.0. The maximum atomic E-state index is 5.46. The zero-order chi connectivity index (χ0) is 18.1. The van der Waals surface area contributed by atoms with Gasteiger partial charge in [-0.1, -0.05) is 5.16 Å². The van der Waals surface area contributed by atoms with Crippen molar-refractivity contribution in [2.45, 2.75) is 56.7 Å². The summed E-state index contributed by atoms with van der Waals surface area (Å²) in [4.78, 5) is 18.1. The van der Waals surface area contributed by atoms with E-state index in [1.54, 1.807) is 6.33 Å². The van der Waals surface area contributed by atoms with Crippen molar-refractivity contribution >= 4 is 5.82 Å². The molecule has 3 aliphatic rings. The Bertz CT molecular complexity index is 736. The van der Waals surface area contributed by atoms with Gasteiger partial charge >= 0.3 is 0 Å². The van der Waals surface area contributed by atoms with Gasteiger partial charge in [-0.25, -0.2) is 9.97 Å². The van der Waals surface area contributed by atoms with Gasteiger partial charge in [-0.05, 0) is 38.2 Å². The number of hydrogen-bond donors (Lipinski definition) is 0. The fourth-order valence-electron chi connectivity index (χ4n) is 4.24. The number of piperidine rings is 1. The van der Waals surface area contributed by atoms with Crippen LogP contribution in [-0.2, 0) is 11.3 Å². The van der Waals surface area contributed by atoms with Gasteiger partial charge in [0.1, 0.15) is 12.1 Å². The largest absolute Gasteiger partial charge is 0.381 e. The van der Waals surface area contributed by atoms with Crippen LogP contribution in [0.2, 0.25) is 0 Å². The quantitative estimate of drug-likeness (QED) is 0.764. The number of likely N-dealkylation sites (tertiary alicyclic amines) is 1. The normalized spacial score (nSPS) is 24.4. The predicted molar refractivity (Wildman–Crippen MR) is 98.3 cm³/mol. The summed E-state index contributed by atoms with van der Waals surface area (Å²) in [5.74, 6) is 2.88. The molecule has 2 aliphatic heterocycles. The average molecular weight is 370 g/mol. The summed E-state index contributed by atoms with van der Waals surface area (Å²) in [7, 11) is 0. The maximum absolute atomic E-state index is 5.46. The molecule has 8 nitrogen and oxygen atoms in total. The summed E-state index contributed by atoms with van der Waals surface area (Å²) < 4.78 is 10.9. The smallest absolute Gasteiger partial charge is 0.232 e. The summed E-state index contributed by atoms with van der Waals surface area (Å²) in [5.41, 5.74) is 0. The zero-order valence-corrected chi connectivity index (χ0v) is 15.5. The minimum absolute atomic E-state index is 0.275. The van der Waals surface area contributed by atoms with Crippen molar-refractivity contribution in [3.63, 3.8) is 0 Å². The summed E-state index contributed by atoms with van der Waals surface area (Å²) in [6.45, 7) is 4.36. The van der Waals surface area contributed by atoms with Crippen LogP contribution in [0.15, 0.2) is 23.1 Å². The Balaban J connectivity index is 1.18. The minimum atomic E-state index is 0.275. The molecule has 0 aromatic carbocycles. The zero-order valence-electron chi connectivity index (χ0n) is 15.5. The van der Waals surface area contributed by atoms with Crippen molar-refractivity contribution < 1.29 is 9.26 Å². The van der Waals surface area contributed by atoms with Gasteiger partial charge in [0.05, 0.1) is 19.1 Å². The van der Waals surface area contributed by atoms with E-state index in [9.17, 15) is 0 Å². The Morgan fingerprint density at radius 3 is 2.67 bits per heavy atom. The van der Waals surface area contributed by atoms with Gasteiger partial charge in [0.15, 0.2) is 5.82 Å². The molecule has 0 amide bonds. The monoisotopic (exact) mass is 370 g/mol. The Kier molecular flexibility index (Phi) is 4.75. The Morgan fingerprint density at radius 1 is 1.11 bits per heavy atom. The topological polar surface area (TPSA) is 80.4 Å². The minimum Gasteiger partial charge on any atom is -0.381 e. The first kappa shape index (κ1) is 17.1. The van der Waals surface area contributed by atoms with Crippen LogP contribution < -0.4 is 4.90 Å². The molecule has 4 heterocycles. The molecule has 0 N–H and O–H groups in total. The molecule has 0 radical (unpaired) electrons. The average Bonchev–Trinajstić information content (AvgIpc) is 3.19. The van der Waals surface area contributed by atoms with Crippen molar-refractivity contribution in [3.05, 3.63) is 30.3 Å². The highest BCUT2D eigenvalue weighted by atomic mass is 16.5. The third-order valence-electron chi connectivity index (χ3n) is 5.85. The van der Waals surface area contributed by atoms with E-state index in [2.05, 4.69) is 29.9 Å². The Morgan fingerprint density at radius 2 is 1.96 bits per heavy atom. The molecule has 27 heavy (non-hydrogen) atoms. The van der Waals surface area contributed by atoms with E-state index in [0.717, 1.165) is 63.0 Å². The first-order valence-corrected chi connectivity index (χ1v) is 10.0. The van der Waals surface area contributed by atoms with Gasteiger partial charge in [0, 0.05) is 38.0 Å². The van der Waals surface area contributed by atoms with E-state index in [1.807, 2.05) is 12.3 Å². The van der Waals surface area contributed by atoms with Crippen molar-refractivity contribution in [1.29, 1.82) is 0 Å². The van der Waals surface area contributed by atoms with Crippen LogP contribution in [0.1, 0.15) is 49.7 Å². The third kappa shape index (κ3) is 3.82. The van der Waals surface area contributed by atoms with E-state index >= 15 is 0 Å². The molecule has 1 saturated carbocycles. The Labute approximate surface area is 158 Å². The molecule has 0 bridgehead atoms. The maximum Gasteiger partial charge on any atom is 0.232 e. The summed E-state index contributed by atoms with van der Waals surface area (Å²) in [5, 5.41) is 4.18. The van der Waals surface area contributed by atoms with Crippen LogP contribution in [0.25, 0.3) is 0 Å². The van der Waals surface area contributed by atoms with Gasteiger partial charge in [-0.2, -0.15) is 4.98 Å². The van der Waals surface area contributed by atoms with E-state index < -0.39 is 0 Å². The van der Waals surface area contributed by atoms with E-state index in [-0.39, 0.29) is 5.92 Å². The Hall–Kier alpha value is -2.06. The first-order chi connectivity index (χ1) is 13.4. The molecular weight excluding hydrogens is 344 g/mol. The second-order valence-electron chi connectivity index (χ2n) is 7.82. The lowest BCUT2D eigenvalue weighted by Gasteiger charge is -2.39. The molecule has 3 fully saturated rings. The molecule has 1 unspecified atom stereocenters. The summed E-state index contributed by atoms with van der Waals surface area (Å²) >= 11 is 0. The van der Waals surface area contributed by atoms with E-state index in [0.29, 0.717) is 18.7 Å². The standard InChI is InChI=1S/C19H26N6O2/c1-2-15(1)25(18-3-7-20-13-21-18)16-4-8-24(9-5-16)11-17-22-19(27-23-17)14-6-10-26-12-14/h3,7,13-16H,1-2,4-6,8-12H2.